The zero-order chi connectivity index (χ0) is 13.9. The number of carboxylic acids is 1. The highest BCUT2D eigenvalue weighted by molar-refractivity contribution is 6.05. The van der Waals surface area contributed by atoms with Crippen LogP contribution in [0.4, 0.5) is 5.69 Å². The lowest BCUT2D eigenvalue weighted by Gasteiger charge is -2.09. The number of carbonyl (C=O) groups excluding carboxylic acids is 1. The van der Waals surface area contributed by atoms with E-state index in [9.17, 15) is 19.7 Å². The van der Waals surface area contributed by atoms with Crippen molar-refractivity contribution in [1.82, 2.24) is 0 Å². The Bertz CT molecular complexity index is 476. The van der Waals surface area contributed by atoms with Gasteiger partial charge in [-0.15, -0.1) is 0 Å². The van der Waals surface area contributed by atoms with Gasteiger partial charge in [-0.2, -0.15) is 0 Å². The third-order valence-corrected chi connectivity index (χ3v) is 2.02. The Hall–Kier alpha value is -2.44. The minimum Gasteiger partial charge on any atom is -0.478 e. The molecule has 7 nitrogen and oxygen atoms in total. The van der Waals surface area contributed by atoms with Crippen molar-refractivity contribution in [2.45, 2.75) is 20.0 Å². The summed E-state index contributed by atoms with van der Waals surface area (Å²) in [6.45, 7) is 3.13. The Kier molecular flexibility index (Phi) is 3.98. The summed E-state index contributed by atoms with van der Waals surface area (Å²) in [6.07, 6.45) is -0.501. The third kappa shape index (κ3) is 2.82. The van der Waals surface area contributed by atoms with Gasteiger partial charge in [-0.05, 0) is 19.9 Å². The van der Waals surface area contributed by atoms with E-state index in [4.69, 9.17) is 9.84 Å². The molecule has 0 saturated heterocycles. The van der Waals surface area contributed by atoms with Gasteiger partial charge in [0.05, 0.1) is 16.6 Å². The molecule has 1 aromatic rings. The van der Waals surface area contributed by atoms with Crippen LogP contribution < -0.4 is 0 Å². The summed E-state index contributed by atoms with van der Waals surface area (Å²) in [4.78, 5) is 32.6. The smallest absolute Gasteiger partial charge is 0.346 e. The van der Waals surface area contributed by atoms with Gasteiger partial charge in [0.1, 0.15) is 0 Å². The number of nitrogens with zero attached hydrogens (tertiary/aromatic N) is 1. The number of esters is 1. The third-order valence-electron chi connectivity index (χ3n) is 2.02. The van der Waals surface area contributed by atoms with E-state index in [0.29, 0.717) is 0 Å². The number of carbonyl (C=O) groups is 2. The number of rotatable bonds is 4. The van der Waals surface area contributed by atoms with Crippen LogP contribution in [0.15, 0.2) is 18.2 Å². The van der Waals surface area contributed by atoms with Gasteiger partial charge in [-0.3, -0.25) is 10.1 Å². The van der Waals surface area contributed by atoms with Crippen LogP contribution in [0, 0.1) is 10.1 Å². The van der Waals surface area contributed by atoms with Crippen molar-refractivity contribution in [3.63, 3.8) is 0 Å². The molecule has 7 heteroatoms. The second-order valence-corrected chi connectivity index (χ2v) is 3.72. The highest BCUT2D eigenvalue weighted by Gasteiger charge is 2.28. The average Bonchev–Trinajstić information content (AvgIpc) is 2.26. The van der Waals surface area contributed by atoms with Gasteiger partial charge in [0, 0.05) is 6.07 Å². The lowest BCUT2D eigenvalue weighted by atomic mass is 10.1. The lowest BCUT2D eigenvalue weighted by Crippen LogP contribution is -2.17. The zero-order valence-corrected chi connectivity index (χ0v) is 9.75. The first-order valence-electron chi connectivity index (χ1n) is 5.06. The van der Waals surface area contributed by atoms with E-state index in [1.54, 1.807) is 13.8 Å². The Morgan fingerprint density at radius 3 is 2.44 bits per heavy atom. The first-order chi connectivity index (χ1) is 8.34. The molecule has 1 aromatic carbocycles. The summed E-state index contributed by atoms with van der Waals surface area (Å²) in [5.74, 6) is -2.44. The van der Waals surface area contributed by atoms with Crippen LogP contribution in [0.3, 0.4) is 0 Å². The second-order valence-electron chi connectivity index (χ2n) is 3.72. The Morgan fingerprint density at radius 2 is 2.00 bits per heavy atom. The van der Waals surface area contributed by atoms with E-state index >= 15 is 0 Å². The summed E-state index contributed by atoms with van der Waals surface area (Å²) in [6, 6.07) is 3.38. The fraction of sp³-hybridized carbons (Fsp3) is 0.273. The SMILES string of the molecule is CC(C)OC(=O)c1c(C(=O)O)cccc1[N+](=O)[O-]. The highest BCUT2D eigenvalue weighted by atomic mass is 16.6. The molecule has 0 aliphatic rings. The van der Waals surface area contributed by atoms with E-state index in [1.807, 2.05) is 0 Å². The molecule has 0 aliphatic heterocycles. The van der Waals surface area contributed by atoms with Crippen molar-refractivity contribution in [3.05, 3.63) is 39.4 Å². The van der Waals surface area contributed by atoms with Crippen LogP contribution in [0.2, 0.25) is 0 Å². The van der Waals surface area contributed by atoms with E-state index in [-0.39, 0.29) is 0 Å². The Labute approximate surface area is 102 Å². The van der Waals surface area contributed by atoms with Crippen LogP contribution in [-0.4, -0.2) is 28.1 Å². The lowest BCUT2D eigenvalue weighted by molar-refractivity contribution is -0.385. The molecule has 0 bridgehead atoms. The molecule has 0 unspecified atom stereocenters. The molecule has 0 amide bonds. The first kappa shape index (κ1) is 13.6. The molecule has 0 aromatic heterocycles. The number of aromatic carboxylic acids is 1. The summed E-state index contributed by atoms with van der Waals surface area (Å²) in [7, 11) is 0. The maximum absolute atomic E-state index is 11.7. The van der Waals surface area contributed by atoms with Crippen molar-refractivity contribution >= 4 is 17.6 Å². The molecule has 0 heterocycles. The Balaban J connectivity index is 3.40. The maximum Gasteiger partial charge on any atom is 0.346 e. The summed E-state index contributed by atoms with van der Waals surface area (Å²) in [5.41, 5.74) is -1.57. The molecule has 96 valence electrons. The zero-order valence-electron chi connectivity index (χ0n) is 9.75. The predicted octanol–water partition coefficient (Wildman–Crippen LogP) is 1.86. The summed E-state index contributed by atoms with van der Waals surface area (Å²) in [5, 5.41) is 19.7. The Morgan fingerprint density at radius 1 is 1.39 bits per heavy atom. The van der Waals surface area contributed by atoms with E-state index in [1.165, 1.54) is 6.07 Å². The van der Waals surface area contributed by atoms with Gasteiger partial charge < -0.3 is 9.84 Å². The summed E-state index contributed by atoms with van der Waals surface area (Å²) >= 11 is 0. The molecule has 0 radical (unpaired) electrons. The molecule has 1 rings (SSSR count). The number of nitro benzene ring substituents is 1. The standard InChI is InChI=1S/C11H11NO6/c1-6(2)18-11(15)9-7(10(13)14)4-3-5-8(9)12(16)17/h3-6H,1-2H3,(H,13,14). The molecule has 18 heavy (non-hydrogen) atoms. The number of hydrogen-bond acceptors (Lipinski definition) is 5. The van der Waals surface area contributed by atoms with Crippen molar-refractivity contribution in [2.75, 3.05) is 0 Å². The number of nitro groups is 1. The normalized spacial score (nSPS) is 10.2. The second kappa shape index (κ2) is 5.26. The molecule has 1 N–H and O–H groups in total. The van der Waals surface area contributed by atoms with E-state index < -0.39 is 39.8 Å². The first-order valence-corrected chi connectivity index (χ1v) is 5.06. The fourth-order valence-corrected chi connectivity index (χ4v) is 1.36. The number of hydrogen-bond donors (Lipinski definition) is 1. The summed E-state index contributed by atoms with van der Waals surface area (Å²) < 4.78 is 4.81. The van der Waals surface area contributed by atoms with Crippen LogP contribution in [0.5, 0.6) is 0 Å². The van der Waals surface area contributed by atoms with Crippen molar-refractivity contribution in [1.29, 1.82) is 0 Å². The van der Waals surface area contributed by atoms with Crippen molar-refractivity contribution < 1.29 is 24.4 Å². The number of carboxylic acid groups (broad SMARTS) is 1. The van der Waals surface area contributed by atoms with Crippen LogP contribution in [0.25, 0.3) is 0 Å². The molecular formula is C11H11NO6. The molecule has 0 saturated carbocycles. The highest BCUT2D eigenvalue weighted by Crippen LogP contribution is 2.23. The predicted molar refractivity (Wildman–Crippen MR) is 60.6 cm³/mol. The molecular weight excluding hydrogens is 242 g/mol. The van der Waals surface area contributed by atoms with E-state index in [0.717, 1.165) is 12.1 Å². The minimum absolute atomic E-state index is 0.449. The maximum atomic E-state index is 11.7. The van der Waals surface area contributed by atoms with Crippen molar-refractivity contribution in [2.24, 2.45) is 0 Å². The van der Waals surface area contributed by atoms with Gasteiger partial charge in [0.15, 0.2) is 5.56 Å². The fourth-order valence-electron chi connectivity index (χ4n) is 1.36. The van der Waals surface area contributed by atoms with Crippen LogP contribution >= 0.6 is 0 Å². The quantitative estimate of drug-likeness (QED) is 0.498. The van der Waals surface area contributed by atoms with Gasteiger partial charge in [0.2, 0.25) is 0 Å². The van der Waals surface area contributed by atoms with Crippen molar-refractivity contribution in [3.8, 4) is 0 Å². The van der Waals surface area contributed by atoms with E-state index in [2.05, 4.69) is 0 Å². The molecule has 0 spiro atoms. The van der Waals surface area contributed by atoms with Gasteiger partial charge in [-0.25, -0.2) is 9.59 Å². The molecule has 0 atom stereocenters. The van der Waals surface area contributed by atoms with Gasteiger partial charge in [-0.1, -0.05) is 6.07 Å². The van der Waals surface area contributed by atoms with Gasteiger partial charge >= 0.3 is 11.9 Å². The minimum atomic E-state index is -1.42. The number of benzene rings is 1. The largest absolute Gasteiger partial charge is 0.478 e. The van der Waals surface area contributed by atoms with Crippen LogP contribution in [-0.2, 0) is 4.74 Å². The van der Waals surface area contributed by atoms with Crippen LogP contribution in [0.1, 0.15) is 34.6 Å². The number of ether oxygens (including phenoxy) is 1. The van der Waals surface area contributed by atoms with Gasteiger partial charge in [0.25, 0.3) is 5.69 Å². The monoisotopic (exact) mass is 253 g/mol. The molecule has 0 aliphatic carbocycles. The molecule has 0 fully saturated rings. The average molecular weight is 253 g/mol. The topological polar surface area (TPSA) is 107 Å².